The summed E-state index contributed by atoms with van der Waals surface area (Å²) in [4.78, 5) is 22.5. The van der Waals surface area contributed by atoms with Crippen molar-refractivity contribution >= 4 is 29.4 Å². The van der Waals surface area contributed by atoms with E-state index in [9.17, 15) is 14.9 Å². The lowest BCUT2D eigenvalue weighted by atomic mass is 10.0. The Morgan fingerprint density at radius 1 is 1.17 bits per heavy atom. The molecule has 0 aliphatic carbocycles. The quantitative estimate of drug-likeness (QED) is 0.357. The molecule has 29 heavy (non-hydrogen) atoms. The summed E-state index contributed by atoms with van der Waals surface area (Å²) in [5.74, 6) is 0.480. The van der Waals surface area contributed by atoms with Gasteiger partial charge in [0.15, 0.2) is 0 Å². The van der Waals surface area contributed by atoms with E-state index in [1.54, 1.807) is 12.1 Å². The number of hydrogen-bond donors (Lipinski definition) is 1. The molecule has 1 amide bonds. The van der Waals surface area contributed by atoms with Gasteiger partial charge in [-0.1, -0.05) is 29.8 Å². The lowest BCUT2D eigenvalue weighted by Gasteiger charge is -2.04. The Labute approximate surface area is 172 Å². The van der Waals surface area contributed by atoms with Crippen LogP contribution in [0.25, 0.3) is 11.3 Å². The summed E-state index contributed by atoms with van der Waals surface area (Å²) in [6.45, 7) is 4.01. The molecule has 1 N–H and O–H groups in total. The number of carbonyl (C=O) groups excluding carboxylic acids is 1. The second-order valence-electron chi connectivity index (χ2n) is 6.51. The molecule has 8 heteroatoms. The van der Waals surface area contributed by atoms with Gasteiger partial charge < -0.3 is 4.42 Å². The molecule has 0 aliphatic rings. The number of nitro groups is 1. The maximum Gasteiger partial charge on any atom is 0.270 e. The number of hydrazone groups is 1. The monoisotopic (exact) mass is 411 g/mol. The molecule has 0 aliphatic heterocycles. The Bertz CT molecular complexity index is 1110. The Kier molecular flexibility index (Phi) is 6.09. The third-order valence-corrected chi connectivity index (χ3v) is 4.70. The molecular formula is C21H18ClN3O4. The molecule has 3 aromatic rings. The largest absolute Gasteiger partial charge is 0.455 e. The van der Waals surface area contributed by atoms with Crippen LogP contribution < -0.4 is 5.43 Å². The van der Waals surface area contributed by atoms with Gasteiger partial charge in [-0.2, -0.15) is 5.10 Å². The molecule has 1 heterocycles. The molecule has 0 radical (unpaired) electrons. The molecule has 3 rings (SSSR count). The Morgan fingerprint density at radius 2 is 1.97 bits per heavy atom. The van der Waals surface area contributed by atoms with E-state index in [-0.39, 0.29) is 18.0 Å². The smallest absolute Gasteiger partial charge is 0.270 e. The number of nitrogens with one attached hydrogen (secondary N) is 1. The number of amides is 1. The molecule has 0 saturated carbocycles. The van der Waals surface area contributed by atoms with Crippen molar-refractivity contribution in [2.24, 2.45) is 5.10 Å². The molecule has 1 aromatic heterocycles. The number of furan rings is 1. The maximum absolute atomic E-state index is 12.0. The molecule has 0 unspecified atom stereocenters. The summed E-state index contributed by atoms with van der Waals surface area (Å²) >= 11 is 6.12. The number of benzene rings is 2. The highest BCUT2D eigenvalue weighted by molar-refractivity contribution is 6.33. The highest BCUT2D eigenvalue weighted by atomic mass is 35.5. The van der Waals surface area contributed by atoms with Crippen molar-refractivity contribution in [1.82, 2.24) is 5.43 Å². The van der Waals surface area contributed by atoms with Crippen LogP contribution >= 0.6 is 11.6 Å². The second-order valence-corrected chi connectivity index (χ2v) is 6.92. The number of hydrogen-bond acceptors (Lipinski definition) is 5. The van der Waals surface area contributed by atoms with Gasteiger partial charge in [0.25, 0.3) is 5.69 Å². The number of rotatable bonds is 6. The van der Waals surface area contributed by atoms with Crippen molar-refractivity contribution in [1.29, 1.82) is 0 Å². The summed E-state index contributed by atoms with van der Waals surface area (Å²) in [6.07, 6.45) is 1.57. The van der Waals surface area contributed by atoms with Crippen molar-refractivity contribution in [2.45, 2.75) is 20.3 Å². The van der Waals surface area contributed by atoms with Crippen LogP contribution in [-0.4, -0.2) is 17.0 Å². The van der Waals surface area contributed by atoms with Gasteiger partial charge in [0.1, 0.15) is 11.5 Å². The molecule has 148 valence electrons. The SMILES string of the molecule is Cc1ccc(CC(=O)N/N=C\c2ccc(-c3cc([N+](=O)[O-])ccc3Cl)o2)cc1C. The first kappa shape index (κ1) is 20.3. The van der Waals surface area contributed by atoms with Crippen LogP contribution in [0.3, 0.4) is 0 Å². The first-order chi connectivity index (χ1) is 13.8. The first-order valence-electron chi connectivity index (χ1n) is 8.75. The fraction of sp³-hybridized carbons (Fsp3) is 0.143. The van der Waals surface area contributed by atoms with Crippen molar-refractivity contribution in [3.05, 3.63) is 86.1 Å². The van der Waals surface area contributed by atoms with Crippen LogP contribution in [0.4, 0.5) is 5.69 Å². The van der Waals surface area contributed by atoms with Gasteiger partial charge >= 0.3 is 0 Å². The number of carbonyl (C=O) groups is 1. The van der Waals surface area contributed by atoms with Crippen molar-refractivity contribution in [3.63, 3.8) is 0 Å². The lowest BCUT2D eigenvalue weighted by molar-refractivity contribution is -0.384. The summed E-state index contributed by atoms with van der Waals surface area (Å²) in [6, 6.07) is 13.2. The lowest BCUT2D eigenvalue weighted by Crippen LogP contribution is -2.19. The number of halogens is 1. The normalized spacial score (nSPS) is 11.0. The second kappa shape index (κ2) is 8.70. The van der Waals surface area contributed by atoms with E-state index in [0.29, 0.717) is 22.1 Å². The van der Waals surface area contributed by atoms with Crippen molar-refractivity contribution in [2.75, 3.05) is 0 Å². The first-order valence-corrected chi connectivity index (χ1v) is 9.13. The predicted molar refractivity (Wildman–Crippen MR) is 111 cm³/mol. The van der Waals surface area contributed by atoms with E-state index in [1.165, 1.54) is 30.0 Å². The van der Waals surface area contributed by atoms with E-state index in [4.69, 9.17) is 16.0 Å². The minimum absolute atomic E-state index is 0.0883. The molecule has 0 bridgehead atoms. The van der Waals surface area contributed by atoms with Crippen LogP contribution in [0.5, 0.6) is 0 Å². The molecule has 0 atom stereocenters. The van der Waals surface area contributed by atoms with E-state index in [2.05, 4.69) is 10.5 Å². The van der Waals surface area contributed by atoms with Gasteiger partial charge in [0.05, 0.1) is 22.6 Å². The zero-order chi connectivity index (χ0) is 21.0. The Hall–Kier alpha value is -3.45. The van der Waals surface area contributed by atoms with Gasteiger partial charge in [-0.3, -0.25) is 14.9 Å². The average molecular weight is 412 g/mol. The fourth-order valence-electron chi connectivity index (χ4n) is 2.69. The molecule has 0 spiro atoms. The van der Waals surface area contributed by atoms with Gasteiger partial charge in [0.2, 0.25) is 5.91 Å². The number of nitrogens with zero attached hydrogens (tertiary/aromatic N) is 2. The van der Waals surface area contributed by atoms with Crippen LogP contribution in [0, 0.1) is 24.0 Å². The third-order valence-electron chi connectivity index (χ3n) is 4.37. The number of aryl methyl sites for hydroxylation is 2. The van der Waals surface area contributed by atoms with Gasteiger partial charge in [-0.05, 0) is 48.7 Å². The number of nitro benzene ring substituents is 1. The van der Waals surface area contributed by atoms with E-state index in [1.807, 2.05) is 32.0 Å². The standard InChI is InChI=1S/C21H18ClN3O4/c1-13-3-4-15(9-14(13)2)10-21(26)24-23-12-17-6-8-20(29-17)18-11-16(25(27)28)5-7-19(18)22/h3-9,11-12H,10H2,1-2H3,(H,24,26)/b23-12-. The molecular weight excluding hydrogens is 394 g/mol. The topological polar surface area (TPSA) is 97.7 Å². The van der Waals surface area contributed by atoms with Crippen molar-refractivity contribution < 1.29 is 14.1 Å². The molecule has 7 nitrogen and oxygen atoms in total. The minimum atomic E-state index is -0.504. The van der Waals surface area contributed by atoms with Crippen LogP contribution in [0.1, 0.15) is 22.5 Å². The molecule has 0 fully saturated rings. The molecule has 0 saturated heterocycles. The van der Waals surface area contributed by atoms with E-state index >= 15 is 0 Å². The Balaban J connectivity index is 1.65. The fourth-order valence-corrected chi connectivity index (χ4v) is 2.90. The maximum atomic E-state index is 12.0. The van der Waals surface area contributed by atoms with Crippen LogP contribution in [-0.2, 0) is 11.2 Å². The summed E-state index contributed by atoms with van der Waals surface area (Å²) < 4.78 is 5.61. The van der Waals surface area contributed by atoms with Crippen molar-refractivity contribution in [3.8, 4) is 11.3 Å². The average Bonchev–Trinajstić information content (AvgIpc) is 3.13. The summed E-state index contributed by atoms with van der Waals surface area (Å²) in [5, 5.41) is 15.2. The van der Waals surface area contributed by atoms with Gasteiger partial charge in [0, 0.05) is 17.7 Å². The minimum Gasteiger partial charge on any atom is -0.455 e. The van der Waals surface area contributed by atoms with E-state index in [0.717, 1.165) is 11.1 Å². The van der Waals surface area contributed by atoms with Gasteiger partial charge in [-0.25, -0.2) is 5.43 Å². The number of non-ortho nitro benzene ring substituents is 1. The van der Waals surface area contributed by atoms with E-state index < -0.39 is 4.92 Å². The summed E-state index contributed by atoms with van der Waals surface area (Å²) in [5.41, 5.74) is 5.97. The van der Waals surface area contributed by atoms with Gasteiger partial charge in [-0.15, -0.1) is 0 Å². The summed E-state index contributed by atoms with van der Waals surface area (Å²) in [7, 11) is 0. The zero-order valence-electron chi connectivity index (χ0n) is 15.8. The zero-order valence-corrected chi connectivity index (χ0v) is 16.6. The third kappa shape index (κ3) is 5.08. The highest BCUT2D eigenvalue weighted by Crippen LogP contribution is 2.32. The van der Waals surface area contributed by atoms with Crippen LogP contribution in [0.15, 0.2) is 58.0 Å². The molecule has 2 aromatic carbocycles. The predicted octanol–water partition coefficient (Wildman–Crippen LogP) is 4.82. The Morgan fingerprint density at radius 3 is 2.69 bits per heavy atom. The van der Waals surface area contributed by atoms with Crippen LogP contribution in [0.2, 0.25) is 5.02 Å². The highest BCUT2D eigenvalue weighted by Gasteiger charge is 2.14.